The summed E-state index contributed by atoms with van der Waals surface area (Å²) in [6, 6.07) is 5.93. The third kappa shape index (κ3) is 7.05. The molecule has 3 aromatic rings. The predicted molar refractivity (Wildman–Crippen MR) is 162 cm³/mol. The number of amides is 1. The minimum atomic E-state index is -4.66. The SMILES string of the molecule is CCOC(=O)N1c2ccc(NC)nc2[C@@H](N(Cc2cc(CF)cc(C(F)(F)F)c2)c2ncc(N3CCOCC3)cn2)C[C@H]1CC. The monoisotopic (exact) mass is 631 g/mol. The molecule has 1 amide bonds. The van der Waals surface area contributed by atoms with Crippen LogP contribution in [-0.2, 0) is 28.9 Å². The van der Waals surface area contributed by atoms with Crippen LogP contribution in [0, 0.1) is 0 Å². The smallest absolute Gasteiger partial charge is 0.416 e. The zero-order valence-corrected chi connectivity index (χ0v) is 25.5. The molecule has 0 spiro atoms. The molecule has 4 heterocycles. The van der Waals surface area contributed by atoms with Crippen molar-refractivity contribution in [2.45, 2.75) is 58.2 Å². The molecule has 1 fully saturated rings. The van der Waals surface area contributed by atoms with Crippen LogP contribution in [0.15, 0.2) is 42.7 Å². The van der Waals surface area contributed by atoms with Crippen LogP contribution in [0.5, 0.6) is 0 Å². The number of ether oxygens (including phenoxy) is 2. The summed E-state index contributed by atoms with van der Waals surface area (Å²) in [5.41, 5.74) is 1.06. The van der Waals surface area contributed by atoms with Crippen LogP contribution >= 0.6 is 0 Å². The van der Waals surface area contributed by atoms with Gasteiger partial charge in [-0.2, -0.15) is 13.2 Å². The van der Waals surface area contributed by atoms with E-state index in [-0.39, 0.29) is 36.3 Å². The van der Waals surface area contributed by atoms with E-state index in [1.807, 2.05) is 6.92 Å². The lowest BCUT2D eigenvalue weighted by atomic mass is 9.92. The molecule has 14 heteroatoms. The van der Waals surface area contributed by atoms with E-state index in [1.165, 1.54) is 6.07 Å². The number of anilines is 4. The number of hydrogen-bond donors (Lipinski definition) is 1. The third-order valence-corrected chi connectivity index (χ3v) is 8.05. The van der Waals surface area contributed by atoms with Crippen LogP contribution < -0.4 is 20.0 Å². The summed E-state index contributed by atoms with van der Waals surface area (Å²) >= 11 is 0. The molecule has 0 saturated carbocycles. The number of pyridine rings is 1. The lowest BCUT2D eigenvalue weighted by Crippen LogP contribution is -2.48. The quantitative estimate of drug-likeness (QED) is 0.280. The summed E-state index contributed by atoms with van der Waals surface area (Å²) in [6.07, 6.45) is -0.859. The average Bonchev–Trinajstić information content (AvgIpc) is 3.06. The van der Waals surface area contributed by atoms with E-state index >= 15 is 0 Å². The number of nitrogens with one attached hydrogen (secondary N) is 1. The van der Waals surface area contributed by atoms with E-state index in [1.54, 1.807) is 48.3 Å². The van der Waals surface area contributed by atoms with Crippen molar-refractivity contribution in [1.82, 2.24) is 15.0 Å². The number of morpholine rings is 1. The molecule has 5 rings (SSSR count). The Balaban J connectivity index is 1.63. The van der Waals surface area contributed by atoms with Crippen LogP contribution in [0.3, 0.4) is 0 Å². The van der Waals surface area contributed by atoms with E-state index in [0.29, 0.717) is 56.3 Å². The maximum atomic E-state index is 13.8. The van der Waals surface area contributed by atoms with Gasteiger partial charge in [0, 0.05) is 32.7 Å². The highest BCUT2D eigenvalue weighted by Gasteiger charge is 2.41. The molecule has 0 radical (unpaired) electrons. The lowest BCUT2D eigenvalue weighted by molar-refractivity contribution is -0.137. The van der Waals surface area contributed by atoms with Gasteiger partial charge in [0.2, 0.25) is 5.95 Å². The van der Waals surface area contributed by atoms with E-state index in [2.05, 4.69) is 20.2 Å². The molecule has 1 aromatic carbocycles. The lowest BCUT2D eigenvalue weighted by Gasteiger charge is -2.43. The Hall–Kier alpha value is -4.20. The van der Waals surface area contributed by atoms with Crippen LogP contribution in [-0.4, -0.2) is 67.0 Å². The Labute approximate surface area is 259 Å². The van der Waals surface area contributed by atoms with Crippen LogP contribution in [0.1, 0.15) is 55.1 Å². The highest BCUT2D eigenvalue weighted by molar-refractivity contribution is 5.90. The summed E-state index contributed by atoms with van der Waals surface area (Å²) in [5, 5.41) is 3.03. The predicted octanol–water partition coefficient (Wildman–Crippen LogP) is 6.13. The summed E-state index contributed by atoms with van der Waals surface area (Å²) in [4.78, 5) is 32.8. The van der Waals surface area contributed by atoms with Crippen LogP contribution in [0.2, 0.25) is 0 Å². The molecule has 242 valence electrons. The number of hydrogen-bond acceptors (Lipinski definition) is 9. The zero-order valence-electron chi connectivity index (χ0n) is 25.5. The normalized spacial score (nSPS) is 18.4. The standard InChI is InChI=1S/C31H37F4N7O3/c1-4-23-15-26(28-25(6-7-27(36-3)39-28)42(23)30(43)45-5-2)41(19-21-12-20(16-32)13-22(14-21)31(33,34)35)29-37-17-24(18-38-29)40-8-10-44-11-9-40/h6-7,12-14,17-18,23,26H,4-5,8-11,15-16,19H2,1-3H3,(H,36,39)/t23-,26+/m1/s1. The highest BCUT2D eigenvalue weighted by Crippen LogP contribution is 2.43. The Bertz CT molecular complexity index is 1470. The fourth-order valence-corrected chi connectivity index (χ4v) is 5.85. The number of carbonyl (C=O) groups is 1. The molecule has 10 nitrogen and oxygen atoms in total. The molecule has 0 aliphatic carbocycles. The van der Waals surface area contributed by atoms with Gasteiger partial charge in [0.25, 0.3) is 0 Å². The number of benzene rings is 1. The molecular weight excluding hydrogens is 594 g/mol. The molecule has 2 atom stereocenters. The van der Waals surface area contributed by atoms with E-state index in [4.69, 9.17) is 14.5 Å². The Morgan fingerprint density at radius 3 is 2.44 bits per heavy atom. The first-order valence-electron chi connectivity index (χ1n) is 15.0. The number of rotatable bonds is 9. The molecule has 0 unspecified atom stereocenters. The van der Waals surface area contributed by atoms with Crippen molar-refractivity contribution >= 4 is 29.2 Å². The van der Waals surface area contributed by atoms with Gasteiger partial charge in [-0.25, -0.2) is 24.1 Å². The first-order chi connectivity index (χ1) is 21.7. The first kappa shape index (κ1) is 32.2. The number of halogens is 4. The van der Waals surface area contributed by atoms with Crippen LogP contribution in [0.4, 0.5) is 45.5 Å². The maximum absolute atomic E-state index is 13.8. The minimum Gasteiger partial charge on any atom is -0.449 e. The fourth-order valence-electron chi connectivity index (χ4n) is 5.85. The molecule has 2 aliphatic rings. The van der Waals surface area contributed by atoms with Gasteiger partial charge in [-0.15, -0.1) is 0 Å². The number of carbonyl (C=O) groups excluding carboxylic acids is 1. The van der Waals surface area contributed by atoms with E-state index < -0.39 is 30.5 Å². The molecule has 45 heavy (non-hydrogen) atoms. The third-order valence-electron chi connectivity index (χ3n) is 8.05. The van der Waals surface area contributed by atoms with Gasteiger partial charge in [0.1, 0.15) is 12.5 Å². The van der Waals surface area contributed by atoms with E-state index in [0.717, 1.165) is 17.8 Å². The second-order valence-electron chi connectivity index (χ2n) is 10.9. The second kappa shape index (κ2) is 13.8. The molecule has 1 saturated heterocycles. The molecule has 0 bridgehead atoms. The number of aromatic nitrogens is 3. The number of fused-ring (bicyclic) bond motifs is 1. The molecule has 2 aromatic heterocycles. The van der Waals surface area contributed by atoms with Gasteiger partial charge in [0.05, 0.1) is 60.9 Å². The van der Waals surface area contributed by atoms with Crippen LogP contribution in [0.25, 0.3) is 0 Å². The molecule has 2 aliphatic heterocycles. The zero-order chi connectivity index (χ0) is 32.1. The summed E-state index contributed by atoms with van der Waals surface area (Å²) in [7, 11) is 1.72. The van der Waals surface area contributed by atoms with Crippen molar-refractivity contribution in [1.29, 1.82) is 0 Å². The van der Waals surface area contributed by atoms with Crippen molar-refractivity contribution in [3.05, 3.63) is 65.1 Å². The van der Waals surface area contributed by atoms with Gasteiger partial charge in [-0.1, -0.05) is 13.0 Å². The molecular formula is C31H37F4N7O3. The van der Waals surface area contributed by atoms with Gasteiger partial charge >= 0.3 is 12.3 Å². The van der Waals surface area contributed by atoms with Gasteiger partial charge in [-0.05, 0) is 55.2 Å². The largest absolute Gasteiger partial charge is 0.449 e. The van der Waals surface area contributed by atoms with Crippen molar-refractivity contribution in [2.24, 2.45) is 0 Å². The summed E-state index contributed by atoms with van der Waals surface area (Å²) in [6.45, 7) is 5.26. The number of alkyl halides is 4. The summed E-state index contributed by atoms with van der Waals surface area (Å²) < 4.78 is 66.1. The maximum Gasteiger partial charge on any atom is 0.416 e. The topological polar surface area (TPSA) is 96.0 Å². The molecule has 1 N–H and O–H groups in total. The van der Waals surface area contributed by atoms with Gasteiger partial charge < -0.3 is 24.6 Å². The van der Waals surface area contributed by atoms with Gasteiger partial charge in [-0.3, -0.25) is 4.90 Å². The minimum absolute atomic E-state index is 0.0702. The number of nitrogens with zero attached hydrogens (tertiary/aromatic N) is 6. The fraction of sp³-hybridized carbons (Fsp3) is 0.484. The van der Waals surface area contributed by atoms with Crippen molar-refractivity contribution in [2.75, 3.05) is 60.0 Å². The Morgan fingerprint density at radius 1 is 1.11 bits per heavy atom. The highest BCUT2D eigenvalue weighted by atomic mass is 19.4. The average molecular weight is 632 g/mol. The van der Waals surface area contributed by atoms with Crippen molar-refractivity contribution in [3.8, 4) is 0 Å². The van der Waals surface area contributed by atoms with Crippen molar-refractivity contribution < 1.29 is 31.8 Å². The van der Waals surface area contributed by atoms with Gasteiger partial charge in [0.15, 0.2) is 0 Å². The Kier molecular flexibility index (Phi) is 9.90. The van der Waals surface area contributed by atoms with E-state index in [9.17, 15) is 22.4 Å². The second-order valence-corrected chi connectivity index (χ2v) is 10.9. The summed E-state index contributed by atoms with van der Waals surface area (Å²) in [5.74, 6) is 0.804. The first-order valence-corrected chi connectivity index (χ1v) is 15.0. The van der Waals surface area contributed by atoms with Crippen molar-refractivity contribution in [3.63, 3.8) is 0 Å². The Morgan fingerprint density at radius 2 is 1.82 bits per heavy atom.